The summed E-state index contributed by atoms with van der Waals surface area (Å²) >= 11 is 0. The van der Waals surface area contributed by atoms with Crippen molar-refractivity contribution in [3.8, 4) is 0 Å². The lowest BCUT2D eigenvalue weighted by Crippen LogP contribution is -2.44. The van der Waals surface area contributed by atoms with Crippen LogP contribution in [-0.4, -0.2) is 74.2 Å². The number of nitrogens with one attached hydrogen (secondary N) is 2. The maximum Gasteiger partial charge on any atom is 0.329 e. The number of imide groups is 1. The lowest BCUT2D eigenvalue weighted by Gasteiger charge is -2.21. The highest BCUT2D eigenvalue weighted by atomic mass is 16.5. The quantitative estimate of drug-likeness (QED) is 0.338. The Morgan fingerprint density at radius 1 is 0.968 bits per heavy atom. The van der Waals surface area contributed by atoms with Crippen molar-refractivity contribution in [1.82, 2.24) is 19.8 Å². The minimum absolute atomic E-state index is 0.214. The van der Waals surface area contributed by atoms with Gasteiger partial charge in [-0.25, -0.2) is 4.79 Å². The summed E-state index contributed by atoms with van der Waals surface area (Å²) in [7, 11) is 1.87. The highest BCUT2D eigenvalue weighted by Gasteiger charge is 2.31. The number of ether oxygens (including phenoxy) is 3. The molecule has 10 nitrogen and oxygen atoms in total. The van der Waals surface area contributed by atoms with Gasteiger partial charge in [-0.1, -0.05) is 12.1 Å². The maximum atomic E-state index is 13.1. The summed E-state index contributed by atoms with van der Waals surface area (Å²) in [5.74, 6) is -0.747. The summed E-state index contributed by atoms with van der Waals surface area (Å²) in [5, 5.41) is 5.32. The van der Waals surface area contributed by atoms with Crippen molar-refractivity contribution in [1.29, 1.82) is 0 Å². The molecule has 1 aliphatic heterocycles. The number of benzene rings is 1. The summed E-state index contributed by atoms with van der Waals surface area (Å²) in [6.07, 6.45) is 0.525. The summed E-state index contributed by atoms with van der Waals surface area (Å²) in [5.41, 5.74) is 1.12. The molecule has 1 saturated heterocycles. The minimum Gasteiger partial charge on any atom is -0.378 e. The molecular formula is C21H30N4O6. The number of carbonyl (C=O) groups excluding carboxylic acids is 2. The lowest BCUT2D eigenvalue weighted by atomic mass is 10.1. The van der Waals surface area contributed by atoms with E-state index in [2.05, 4.69) is 10.6 Å². The van der Waals surface area contributed by atoms with Crippen LogP contribution in [-0.2, 0) is 30.3 Å². The fourth-order valence-corrected chi connectivity index (χ4v) is 3.55. The second kappa shape index (κ2) is 11.8. The molecule has 170 valence electrons. The molecule has 1 aromatic heterocycles. The van der Waals surface area contributed by atoms with Crippen molar-refractivity contribution in [2.45, 2.75) is 25.4 Å². The van der Waals surface area contributed by atoms with Crippen LogP contribution in [0.25, 0.3) is 11.0 Å². The van der Waals surface area contributed by atoms with Crippen LogP contribution in [0.15, 0.2) is 29.1 Å². The third-order valence-electron chi connectivity index (χ3n) is 5.09. The van der Waals surface area contributed by atoms with Crippen LogP contribution < -0.4 is 16.3 Å². The van der Waals surface area contributed by atoms with Gasteiger partial charge in [-0.3, -0.25) is 24.0 Å². The van der Waals surface area contributed by atoms with Crippen molar-refractivity contribution < 1.29 is 23.8 Å². The standard InChI is InChI=1S/C21H30N4O6/c1-22-8-10-29-12-14-31-15-13-30-11-9-24-16-4-2-3-5-17(16)25(21(24)28)18-6-7-19(26)23-20(18)27/h2-5,18,22H,6-15H2,1H3,(H,23,26,27). The van der Waals surface area contributed by atoms with Gasteiger partial charge in [0.25, 0.3) is 0 Å². The first-order valence-corrected chi connectivity index (χ1v) is 10.5. The molecule has 10 heteroatoms. The van der Waals surface area contributed by atoms with Crippen LogP contribution in [0.4, 0.5) is 0 Å². The fourth-order valence-electron chi connectivity index (χ4n) is 3.55. The Morgan fingerprint density at radius 3 is 2.29 bits per heavy atom. The van der Waals surface area contributed by atoms with Gasteiger partial charge in [-0.05, 0) is 25.6 Å². The highest BCUT2D eigenvalue weighted by Crippen LogP contribution is 2.23. The average molecular weight is 434 g/mol. The molecule has 31 heavy (non-hydrogen) atoms. The van der Waals surface area contributed by atoms with E-state index in [0.717, 1.165) is 12.1 Å². The van der Waals surface area contributed by atoms with E-state index >= 15 is 0 Å². The molecule has 1 aromatic carbocycles. The first-order chi connectivity index (χ1) is 15.1. The molecule has 1 unspecified atom stereocenters. The first-order valence-electron chi connectivity index (χ1n) is 10.5. The SMILES string of the molecule is CNCCOCCOCCOCCn1c(=O)n(C2CCC(=O)NC2=O)c2ccccc21. The summed E-state index contributed by atoms with van der Waals surface area (Å²) in [6.45, 7) is 4.06. The van der Waals surface area contributed by atoms with Crippen molar-refractivity contribution in [2.24, 2.45) is 0 Å². The Morgan fingerprint density at radius 2 is 1.61 bits per heavy atom. The summed E-state index contributed by atoms with van der Waals surface area (Å²) in [6, 6.07) is 6.63. The summed E-state index contributed by atoms with van der Waals surface area (Å²) < 4.78 is 19.5. The van der Waals surface area contributed by atoms with E-state index in [1.165, 1.54) is 4.57 Å². The van der Waals surface area contributed by atoms with Gasteiger partial charge >= 0.3 is 5.69 Å². The molecular weight excluding hydrogens is 404 g/mol. The van der Waals surface area contributed by atoms with Gasteiger partial charge in [-0.2, -0.15) is 0 Å². The minimum atomic E-state index is -0.694. The third-order valence-corrected chi connectivity index (χ3v) is 5.09. The normalized spacial score (nSPS) is 16.7. The number of hydrogen-bond acceptors (Lipinski definition) is 7. The van der Waals surface area contributed by atoms with Crippen LogP contribution in [0.5, 0.6) is 0 Å². The van der Waals surface area contributed by atoms with Crippen LogP contribution in [0.1, 0.15) is 18.9 Å². The largest absolute Gasteiger partial charge is 0.378 e. The fraction of sp³-hybridized carbons (Fsp3) is 0.571. The van der Waals surface area contributed by atoms with Gasteiger partial charge < -0.3 is 19.5 Å². The predicted octanol–water partition coefficient (Wildman–Crippen LogP) is 0.0499. The zero-order valence-corrected chi connectivity index (χ0v) is 17.8. The average Bonchev–Trinajstić information content (AvgIpc) is 3.03. The molecule has 0 saturated carbocycles. The van der Waals surface area contributed by atoms with E-state index in [1.807, 2.05) is 31.3 Å². The number of carbonyl (C=O) groups is 2. The monoisotopic (exact) mass is 434 g/mol. The molecule has 1 atom stereocenters. The molecule has 1 fully saturated rings. The first kappa shape index (κ1) is 23.1. The maximum absolute atomic E-state index is 13.1. The Bertz CT molecular complexity index is 938. The number of imidazole rings is 1. The second-order valence-electron chi connectivity index (χ2n) is 7.20. The van der Waals surface area contributed by atoms with Gasteiger partial charge in [0.15, 0.2) is 0 Å². The highest BCUT2D eigenvalue weighted by molar-refractivity contribution is 6.00. The van der Waals surface area contributed by atoms with Gasteiger partial charge in [-0.15, -0.1) is 0 Å². The number of nitrogens with zero attached hydrogens (tertiary/aromatic N) is 2. The number of likely N-dealkylation sites (N-methyl/N-ethyl adjacent to an activating group) is 1. The lowest BCUT2D eigenvalue weighted by molar-refractivity contribution is -0.135. The van der Waals surface area contributed by atoms with E-state index in [4.69, 9.17) is 14.2 Å². The molecule has 1 aliphatic rings. The van der Waals surface area contributed by atoms with Crippen molar-refractivity contribution in [3.63, 3.8) is 0 Å². The molecule has 3 rings (SSSR count). The predicted molar refractivity (Wildman–Crippen MR) is 114 cm³/mol. The number of amides is 2. The number of aromatic nitrogens is 2. The molecule has 2 aromatic rings. The zero-order valence-electron chi connectivity index (χ0n) is 17.8. The van der Waals surface area contributed by atoms with Gasteiger partial charge in [0, 0.05) is 13.0 Å². The summed E-state index contributed by atoms with van der Waals surface area (Å²) in [4.78, 5) is 36.9. The topological polar surface area (TPSA) is 113 Å². The number of piperidine rings is 1. The van der Waals surface area contributed by atoms with Crippen molar-refractivity contribution in [3.05, 3.63) is 34.7 Å². The molecule has 0 radical (unpaired) electrons. The van der Waals surface area contributed by atoms with Crippen LogP contribution in [0.3, 0.4) is 0 Å². The number of fused-ring (bicyclic) bond motifs is 1. The van der Waals surface area contributed by atoms with E-state index in [0.29, 0.717) is 58.1 Å². The molecule has 0 aliphatic carbocycles. The van der Waals surface area contributed by atoms with Crippen LogP contribution in [0, 0.1) is 0 Å². The number of rotatable bonds is 13. The van der Waals surface area contributed by atoms with E-state index in [-0.39, 0.29) is 18.0 Å². The van der Waals surface area contributed by atoms with Gasteiger partial charge in [0.1, 0.15) is 6.04 Å². The van der Waals surface area contributed by atoms with Crippen LogP contribution in [0.2, 0.25) is 0 Å². The van der Waals surface area contributed by atoms with Gasteiger partial charge in [0.05, 0.1) is 57.2 Å². The number of hydrogen-bond donors (Lipinski definition) is 2. The third kappa shape index (κ3) is 6.01. The van der Waals surface area contributed by atoms with E-state index in [1.54, 1.807) is 4.57 Å². The molecule has 0 bridgehead atoms. The van der Waals surface area contributed by atoms with Gasteiger partial charge in [0.2, 0.25) is 11.8 Å². The molecule has 2 amide bonds. The van der Waals surface area contributed by atoms with Crippen molar-refractivity contribution >= 4 is 22.8 Å². The van der Waals surface area contributed by atoms with E-state index < -0.39 is 11.9 Å². The van der Waals surface area contributed by atoms with E-state index in [9.17, 15) is 14.4 Å². The second-order valence-corrected chi connectivity index (χ2v) is 7.20. The zero-order chi connectivity index (χ0) is 22.1. The Hall–Kier alpha value is -2.53. The smallest absolute Gasteiger partial charge is 0.329 e. The van der Waals surface area contributed by atoms with Crippen LogP contribution >= 0.6 is 0 Å². The Kier molecular flexibility index (Phi) is 8.77. The molecule has 2 heterocycles. The molecule has 0 spiro atoms. The Labute approximate surface area is 180 Å². The molecule has 2 N–H and O–H groups in total. The Balaban J connectivity index is 1.52. The van der Waals surface area contributed by atoms with Crippen molar-refractivity contribution in [2.75, 3.05) is 53.2 Å². The number of para-hydroxylation sites is 2.